The Hall–Kier alpha value is -4.52. The summed E-state index contributed by atoms with van der Waals surface area (Å²) in [7, 11) is 0. The minimum absolute atomic E-state index is 0.0295. The summed E-state index contributed by atoms with van der Waals surface area (Å²) in [5, 5.41) is 17.2. The van der Waals surface area contributed by atoms with Crippen LogP contribution >= 0.6 is 11.3 Å². The van der Waals surface area contributed by atoms with Crippen molar-refractivity contribution in [1.29, 1.82) is 0 Å². The SMILES string of the molecule is C=CCCCCC[C@H](NC(=O)OC1CCCC1)C(=O)N1C[C@H](Oc2nc3ccccc3nc2-c2cccs2)C[C@H]1C(=O)NC1(C(=O)O)CC1. The lowest BCUT2D eigenvalue weighted by Gasteiger charge is -2.29. The van der Waals surface area contributed by atoms with Crippen LogP contribution in [0.4, 0.5) is 4.79 Å². The number of fused-ring (bicyclic) bond motifs is 1. The Morgan fingerprint density at radius 1 is 1.04 bits per heavy atom. The first-order valence-electron chi connectivity index (χ1n) is 17.2. The van der Waals surface area contributed by atoms with Crippen LogP contribution in [-0.4, -0.2) is 80.2 Å². The van der Waals surface area contributed by atoms with Gasteiger partial charge in [0, 0.05) is 6.42 Å². The monoisotopic (exact) mass is 689 g/mol. The maximum Gasteiger partial charge on any atom is 0.408 e. The fourth-order valence-electron chi connectivity index (χ4n) is 6.61. The van der Waals surface area contributed by atoms with E-state index in [-0.39, 0.29) is 24.9 Å². The van der Waals surface area contributed by atoms with Gasteiger partial charge in [0.05, 0.1) is 22.5 Å². The first kappa shape index (κ1) is 34.3. The fourth-order valence-corrected chi connectivity index (χ4v) is 7.32. The van der Waals surface area contributed by atoms with Gasteiger partial charge < -0.3 is 30.1 Å². The lowest BCUT2D eigenvalue weighted by molar-refractivity contribution is -0.145. The second-order valence-electron chi connectivity index (χ2n) is 13.1. The zero-order valence-corrected chi connectivity index (χ0v) is 28.3. The lowest BCUT2D eigenvalue weighted by Crippen LogP contribution is -2.56. The molecule has 2 saturated carbocycles. The molecule has 12 nitrogen and oxygen atoms in total. The van der Waals surface area contributed by atoms with Crippen LogP contribution in [0.1, 0.15) is 77.0 Å². The maximum atomic E-state index is 14.4. The quantitative estimate of drug-likeness (QED) is 0.136. The Balaban J connectivity index is 1.26. The van der Waals surface area contributed by atoms with Gasteiger partial charge in [-0.1, -0.05) is 37.1 Å². The van der Waals surface area contributed by atoms with Gasteiger partial charge in [-0.2, -0.15) is 0 Å². The molecule has 2 aliphatic carbocycles. The number of carboxylic acids is 1. The molecule has 1 aliphatic heterocycles. The van der Waals surface area contributed by atoms with E-state index >= 15 is 0 Å². The molecule has 49 heavy (non-hydrogen) atoms. The largest absolute Gasteiger partial charge is 0.480 e. The molecule has 0 spiro atoms. The molecular formula is C36H43N5O7S. The van der Waals surface area contributed by atoms with Crippen molar-refractivity contribution < 1.29 is 33.8 Å². The number of unbranched alkanes of at least 4 members (excludes halogenated alkanes) is 3. The number of likely N-dealkylation sites (tertiary alicyclic amines) is 1. The summed E-state index contributed by atoms with van der Waals surface area (Å²) in [5.41, 5.74) is 0.552. The fraction of sp³-hybridized carbons (Fsp3) is 0.500. The number of nitrogens with one attached hydrogen (secondary N) is 2. The number of hydrogen-bond acceptors (Lipinski definition) is 9. The van der Waals surface area contributed by atoms with Crippen molar-refractivity contribution >= 4 is 46.2 Å². The number of nitrogens with zero attached hydrogens (tertiary/aromatic N) is 3. The molecular weight excluding hydrogens is 646 g/mol. The van der Waals surface area contributed by atoms with E-state index in [1.165, 1.54) is 16.2 Å². The number of ether oxygens (including phenoxy) is 2. The number of alkyl carbamates (subject to hydrolysis) is 1. The Kier molecular flexibility index (Phi) is 10.8. The topological polar surface area (TPSA) is 160 Å². The highest BCUT2D eigenvalue weighted by Gasteiger charge is 2.54. The molecule has 3 N–H and O–H groups in total. The molecule has 0 radical (unpaired) electrons. The molecule has 3 aliphatic rings. The third-order valence-electron chi connectivity index (χ3n) is 9.51. The van der Waals surface area contributed by atoms with Gasteiger partial charge in [-0.3, -0.25) is 9.59 Å². The predicted octanol–water partition coefficient (Wildman–Crippen LogP) is 5.61. The Morgan fingerprint density at radius 2 is 1.80 bits per heavy atom. The number of benzene rings is 1. The van der Waals surface area contributed by atoms with Crippen LogP contribution in [0.25, 0.3) is 21.6 Å². The van der Waals surface area contributed by atoms with Gasteiger partial charge in [0.2, 0.25) is 17.7 Å². The van der Waals surface area contributed by atoms with Crippen molar-refractivity contribution in [1.82, 2.24) is 25.5 Å². The zero-order chi connectivity index (χ0) is 34.4. The Bertz CT molecular complexity index is 1670. The average Bonchev–Trinajstić information content (AvgIpc) is 3.47. The third-order valence-corrected chi connectivity index (χ3v) is 10.4. The summed E-state index contributed by atoms with van der Waals surface area (Å²) in [6.45, 7) is 3.80. The highest BCUT2D eigenvalue weighted by molar-refractivity contribution is 7.13. The van der Waals surface area contributed by atoms with Crippen LogP contribution in [0.2, 0.25) is 0 Å². The highest BCUT2D eigenvalue weighted by atomic mass is 32.1. The first-order valence-corrected chi connectivity index (χ1v) is 18.1. The third kappa shape index (κ3) is 8.21. The number of aliphatic carboxylic acids is 1. The minimum atomic E-state index is -1.34. The van der Waals surface area contributed by atoms with E-state index in [4.69, 9.17) is 19.4 Å². The van der Waals surface area contributed by atoms with E-state index in [0.29, 0.717) is 42.4 Å². The van der Waals surface area contributed by atoms with Gasteiger partial charge in [-0.25, -0.2) is 19.6 Å². The number of allylic oxidation sites excluding steroid dienone is 1. The van der Waals surface area contributed by atoms with Crippen LogP contribution in [-0.2, 0) is 19.1 Å². The van der Waals surface area contributed by atoms with Crippen molar-refractivity contribution in [3.63, 3.8) is 0 Å². The number of carbonyl (C=O) groups is 4. The molecule has 3 aromatic rings. The van der Waals surface area contributed by atoms with Gasteiger partial charge in [0.1, 0.15) is 35.5 Å². The molecule has 13 heteroatoms. The average molecular weight is 690 g/mol. The summed E-state index contributed by atoms with van der Waals surface area (Å²) in [6, 6.07) is 9.33. The van der Waals surface area contributed by atoms with Crippen LogP contribution in [0.5, 0.6) is 5.88 Å². The summed E-state index contributed by atoms with van der Waals surface area (Å²) in [5.74, 6) is -1.84. The normalized spacial score (nSPS) is 20.4. The molecule has 260 valence electrons. The van der Waals surface area contributed by atoms with Crippen LogP contribution in [0.15, 0.2) is 54.4 Å². The molecule has 0 bridgehead atoms. The number of thiophene rings is 1. The van der Waals surface area contributed by atoms with E-state index in [9.17, 15) is 24.3 Å². The molecule has 0 unspecified atom stereocenters. The molecule has 3 amide bonds. The molecule has 1 aromatic carbocycles. The number of amides is 3. The minimum Gasteiger partial charge on any atom is -0.480 e. The summed E-state index contributed by atoms with van der Waals surface area (Å²) in [6.07, 6.45) is 8.23. The molecule has 3 fully saturated rings. The second kappa shape index (κ2) is 15.4. The van der Waals surface area contributed by atoms with E-state index in [1.807, 2.05) is 47.9 Å². The lowest BCUT2D eigenvalue weighted by atomic mass is 10.0. The van der Waals surface area contributed by atoms with Gasteiger partial charge >= 0.3 is 12.1 Å². The Labute approximate surface area is 289 Å². The summed E-state index contributed by atoms with van der Waals surface area (Å²) < 4.78 is 12.1. The number of carbonyl (C=O) groups excluding carboxylic acids is 3. The van der Waals surface area contributed by atoms with Crippen molar-refractivity contribution in [2.24, 2.45) is 0 Å². The predicted molar refractivity (Wildman–Crippen MR) is 184 cm³/mol. The van der Waals surface area contributed by atoms with Gasteiger partial charge in [0.15, 0.2) is 0 Å². The first-order chi connectivity index (χ1) is 23.8. The van der Waals surface area contributed by atoms with Gasteiger partial charge in [-0.05, 0) is 81.4 Å². The number of hydrogen-bond donors (Lipinski definition) is 3. The highest BCUT2D eigenvalue weighted by Crippen LogP contribution is 2.37. The molecule has 1 saturated heterocycles. The Morgan fingerprint density at radius 3 is 2.47 bits per heavy atom. The smallest absolute Gasteiger partial charge is 0.408 e. The number of carboxylic acid groups (broad SMARTS) is 1. The van der Waals surface area contributed by atoms with Gasteiger partial charge in [0.25, 0.3) is 0 Å². The van der Waals surface area contributed by atoms with E-state index in [0.717, 1.165) is 49.8 Å². The molecule has 6 rings (SSSR count). The van der Waals surface area contributed by atoms with Crippen molar-refractivity contribution in [3.8, 4) is 16.5 Å². The van der Waals surface area contributed by atoms with Crippen molar-refractivity contribution in [2.45, 2.75) is 107 Å². The van der Waals surface area contributed by atoms with E-state index < -0.39 is 47.6 Å². The maximum absolute atomic E-state index is 14.4. The zero-order valence-electron chi connectivity index (χ0n) is 27.5. The number of rotatable bonds is 15. The van der Waals surface area contributed by atoms with Crippen molar-refractivity contribution in [2.75, 3.05) is 6.54 Å². The summed E-state index contributed by atoms with van der Waals surface area (Å²) in [4.78, 5) is 65.0. The van der Waals surface area contributed by atoms with Gasteiger partial charge in [-0.15, -0.1) is 17.9 Å². The standard InChI is InChI=1S/C36H43N5O7S/c1-2-3-4-5-6-16-27(39-35(46)48-23-12-7-8-13-23)33(43)41-22-24(21-28(41)31(42)40-36(18-19-36)34(44)45)47-32-30(29-17-11-20-49-29)37-25-14-9-10-15-26(25)38-32/h2,9-11,14-15,17,20,23-24,27-28H,1,3-8,12-13,16,18-19,21-22H2,(H,39,46)(H,40,42)(H,44,45)/t24-,27+,28+/m1/s1. The van der Waals surface area contributed by atoms with Crippen molar-refractivity contribution in [3.05, 3.63) is 54.4 Å². The van der Waals surface area contributed by atoms with Crippen LogP contribution in [0, 0.1) is 0 Å². The number of aromatic nitrogens is 2. The molecule has 2 aromatic heterocycles. The molecule has 3 heterocycles. The molecule has 3 atom stereocenters. The summed E-state index contributed by atoms with van der Waals surface area (Å²) >= 11 is 1.49. The van der Waals surface area contributed by atoms with E-state index in [2.05, 4.69) is 17.2 Å². The van der Waals surface area contributed by atoms with Crippen LogP contribution in [0.3, 0.4) is 0 Å². The number of para-hydroxylation sites is 2. The van der Waals surface area contributed by atoms with E-state index in [1.54, 1.807) is 0 Å². The second-order valence-corrected chi connectivity index (χ2v) is 14.1. The van der Waals surface area contributed by atoms with Crippen LogP contribution < -0.4 is 15.4 Å².